The predicted octanol–water partition coefficient (Wildman–Crippen LogP) is 5.26. The van der Waals surface area contributed by atoms with Crippen LogP contribution in [0.2, 0.25) is 10.0 Å². The molecule has 0 bridgehead atoms. The van der Waals surface area contributed by atoms with E-state index in [1.54, 1.807) is 6.07 Å². The molecule has 6 heteroatoms. The van der Waals surface area contributed by atoms with Crippen LogP contribution in [0.4, 0.5) is 0 Å². The lowest BCUT2D eigenvalue weighted by atomic mass is 9.99. The quantitative estimate of drug-likeness (QED) is 0.744. The molecule has 2 aromatic rings. The Bertz CT molecular complexity index is 716. The third-order valence-corrected chi connectivity index (χ3v) is 5.44. The Morgan fingerprint density at radius 2 is 1.95 bits per heavy atom. The van der Waals surface area contributed by atoms with Gasteiger partial charge in [0, 0.05) is 20.8 Å². The molecule has 110 valence electrons. The number of amides is 1. The molecule has 21 heavy (non-hydrogen) atoms. The van der Waals surface area contributed by atoms with Gasteiger partial charge in [0.2, 0.25) is 0 Å². The minimum atomic E-state index is -0.254. The van der Waals surface area contributed by atoms with Crippen LogP contribution in [0.1, 0.15) is 41.8 Å². The van der Waals surface area contributed by atoms with E-state index in [0.717, 1.165) is 41.5 Å². The van der Waals surface area contributed by atoms with E-state index in [2.05, 4.69) is 10.5 Å². The van der Waals surface area contributed by atoms with Crippen LogP contribution >= 0.6 is 34.5 Å². The number of nitrogens with zero attached hydrogens (tertiary/aromatic N) is 1. The highest BCUT2D eigenvalue weighted by Gasteiger charge is 2.17. The second kappa shape index (κ2) is 6.34. The summed E-state index contributed by atoms with van der Waals surface area (Å²) in [5.41, 5.74) is 3.69. The van der Waals surface area contributed by atoms with Crippen molar-refractivity contribution in [3.8, 4) is 0 Å². The fourth-order valence-corrected chi connectivity index (χ4v) is 4.12. The van der Waals surface area contributed by atoms with Crippen LogP contribution in [0.15, 0.2) is 23.3 Å². The van der Waals surface area contributed by atoms with Crippen molar-refractivity contribution in [2.75, 3.05) is 0 Å². The fraction of sp³-hybridized carbons (Fsp3) is 0.333. The molecule has 0 saturated heterocycles. The number of halogens is 2. The molecule has 1 aromatic heterocycles. The maximum Gasteiger partial charge on any atom is 0.283 e. The molecule has 1 saturated carbocycles. The van der Waals surface area contributed by atoms with Crippen LogP contribution in [0, 0.1) is 0 Å². The van der Waals surface area contributed by atoms with Gasteiger partial charge < -0.3 is 0 Å². The number of hydrogen-bond donors (Lipinski definition) is 1. The number of carbonyl (C=O) groups excluding carboxylic acids is 1. The predicted molar refractivity (Wildman–Crippen MR) is 89.8 cm³/mol. The lowest BCUT2D eigenvalue weighted by Gasteiger charge is -2.11. The van der Waals surface area contributed by atoms with Crippen LogP contribution in [0.5, 0.6) is 0 Å². The van der Waals surface area contributed by atoms with Crippen molar-refractivity contribution in [2.24, 2.45) is 5.10 Å². The van der Waals surface area contributed by atoms with Gasteiger partial charge in [-0.05, 0) is 37.8 Å². The van der Waals surface area contributed by atoms with Crippen LogP contribution in [-0.2, 0) is 0 Å². The van der Waals surface area contributed by atoms with E-state index in [4.69, 9.17) is 23.2 Å². The molecular weight excluding hydrogens is 327 g/mol. The van der Waals surface area contributed by atoms with Gasteiger partial charge in [-0.25, -0.2) is 5.43 Å². The van der Waals surface area contributed by atoms with Gasteiger partial charge in [-0.1, -0.05) is 35.7 Å². The highest BCUT2D eigenvalue weighted by atomic mass is 35.5. The summed E-state index contributed by atoms with van der Waals surface area (Å²) in [6.45, 7) is 0. The normalized spacial score (nSPS) is 15.2. The van der Waals surface area contributed by atoms with E-state index in [-0.39, 0.29) is 5.91 Å². The van der Waals surface area contributed by atoms with Crippen molar-refractivity contribution >= 4 is 56.2 Å². The number of thiophene rings is 1. The zero-order chi connectivity index (χ0) is 14.8. The van der Waals surface area contributed by atoms with Gasteiger partial charge in [-0.2, -0.15) is 5.10 Å². The summed E-state index contributed by atoms with van der Waals surface area (Å²) in [4.78, 5) is 12.7. The molecule has 1 fully saturated rings. The first kappa shape index (κ1) is 14.8. The molecule has 1 aliphatic rings. The number of rotatable bonds is 2. The first-order chi connectivity index (χ1) is 10.1. The van der Waals surface area contributed by atoms with Crippen LogP contribution in [0.25, 0.3) is 10.1 Å². The Balaban J connectivity index is 1.82. The van der Waals surface area contributed by atoms with Crippen molar-refractivity contribution < 1.29 is 4.79 Å². The SMILES string of the molecule is O=C(NN=C1CCCCC1)c1sc2cc(Cl)ccc2c1Cl. The number of fused-ring (bicyclic) bond motifs is 1. The summed E-state index contributed by atoms with van der Waals surface area (Å²) in [7, 11) is 0. The van der Waals surface area contributed by atoms with Gasteiger partial charge in [-0.3, -0.25) is 4.79 Å². The summed E-state index contributed by atoms with van der Waals surface area (Å²) in [6, 6.07) is 5.42. The Morgan fingerprint density at radius 1 is 1.19 bits per heavy atom. The van der Waals surface area contributed by atoms with Gasteiger partial charge in [-0.15, -0.1) is 11.3 Å². The minimum Gasteiger partial charge on any atom is -0.266 e. The molecule has 1 amide bonds. The number of carbonyl (C=O) groups is 1. The second-order valence-corrected chi connectivity index (χ2v) is 6.93. The van der Waals surface area contributed by atoms with Gasteiger partial charge >= 0.3 is 0 Å². The molecule has 1 heterocycles. The molecular formula is C15H14Cl2N2OS. The Morgan fingerprint density at radius 3 is 2.71 bits per heavy atom. The lowest BCUT2D eigenvalue weighted by Crippen LogP contribution is -2.20. The number of hydrazone groups is 1. The average Bonchev–Trinajstić information content (AvgIpc) is 2.82. The van der Waals surface area contributed by atoms with E-state index in [1.165, 1.54) is 17.8 Å². The number of hydrogen-bond acceptors (Lipinski definition) is 3. The van der Waals surface area contributed by atoms with Crippen molar-refractivity contribution in [1.29, 1.82) is 0 Å². The van der Waals surface area contributed by atoms with Crippen LogP contribution in [-0.4, -0.2) is 11.6 Å². The van der Waals surface area contributed by atoms with E-state index in [0.29, 0.717) is 14.9 Å². The topological polar surface area (TPSA) is 41.5 Å². The Labute approximate surface area is 136 Å². The Kier molecular flexibility index (Phi) is 4.48. The Hall–Kier alpha value is -1.10. The average molecular weight is 341 g/mol. The molecule has 3 rings (SSSR count). The first-order valence-corrected chi connectivity index (χ1v) is 8.46. The molecule has 0 unspecified atom stereocenters. The molecule has 0 radical (unpaired) electrons. The van der Waals surface area contributed by atoms with Gasteiger partial charge in [0.15, 0.2) is 0 Å². The summed E-state index contributed by atoms with van der Waals surface area (Å²) in [6.07, 6.45) is 5.48. The van der Waals surface area contributed by atoms with Crippen LogP contribution in [0.3, 0.4) is 0 Å². The number of nitrogens with one attached hydrogen (secondary N) is 1. The minimum absolute atomic E-state index is 0.254. The largest absolute Gasteiger partial charge is 0.283 e. The van der Waals surface area contributed by atoms with E-state index in [1.807, 2.05) is 12.1 Å². The monoisotopic (exact) mass is 340 g/mol. The second-order valence-electron chi connectivity index (χ2n) is 5.07. The van der Waals surface area contributed by atoms with Crippen molar-refractivity contribution in [3.05, 3.63) is 33.1 Å². The zero-order valence-corrected chi connectivity index (χ0v) is 13.6. The van der Waals surface area contributed by atoms with Gasteiger partial charge in [0.25, 0.3) is 5.91 Å². The smallest absolute Gasteiger partial charge is 0.266 e. The summed E-state index contributed by atoms with van der Waals surface area (Å²) in [5, 5.41) is 6.18. The van der Waals surface area contributed by atoms with Gasteiger partial charge in [0.05, 0.1) is 5.02 Å². The molecule has 1 N–H and O–H groups in total. The van der Waals surface area contributed by atoms with Gasteiger partial charge in [0.1, 0.15) is 4.88 Å². The highest BCUT2D eigenvalue weighted by Crippen LogP contribution is 2.36. The molecule has 1 aliphatic carbocycles. The fourth-order valence-electron chi connectivity index (χ4n) is 2.44. The van der Waals surface area contributed by atoms with Crippen molar-refractivity contribution in [2.45, 2.75) is 32.1 Å². The van der Waals surface area contributed by atoms with Crippen LogP contribution < -0.4 is 5.43 Å². The molecule has 0 atom stereocenters. The highest BCUT2D eigenvalue weighted by molar-refractivity contribution is 7.21. The third kappa shape index (κ3) is 3.23. The van der Waals surface area contributed by atoms with Crippen molar-refractivity contribution in [1.82, 2.24) is 5.43 Å². The molecule has 1 aromatic carbocycles. The van der Waals surface area contributed by atoms with Crippen molar-refractivity contribution in [3.63, 3.8) is 0 Å². The summed E-state index contributed by atoms with van der Waals surface area (Å²) in [5.74, 6) is -0.254. The molecule has 3 nitrogen and oxygen atoms in total. The zero-order valence-electron chi connectivity index (χ0n) is 11.3. The standard InChI is InChI=1S/C15H14Cl2N2OS/c16-9-6-7-11-12(8-9)21-14(13(11)17)15(20)19-18-10-4-2-1-3-5-10/h6-8H,1-5H2,(H,19,20). The summed E-state index contributed by atoms with van der Waals surface area (Å²) >= 11 is 13.6. The first-order valence-electron chi connectivity index (χ1n) is 6.88. The molecule has 0 aliphatic heterocycles. The third-order valence-electron chi connectivity index (χ3n) is 3.54. The lowest BCUT2D eigenvalue weighted by molar-refractivity contribution is 0.0959. The molecule has 0 spiro atoms. The van der Waals surface area contributed by atoms with E-state index in [9.17, 15) is 4.79 Å². The maximum absolute atomic E-state index is 12.2. The summed E-state index contributed by atoms with van der Waals surface area (Å²) < 4.78 is 0.906. The maximum atomic E-state index is 12.2. The van der Waals surface area contributed by atoms with E-state index < -0.39 is 0 Å². The van der Waals surface area contributed by atoms with E-state index >= 15 is 0 Å². The number of benzene rings is 1.